The Morgan fingerprint density at radius 3 is 2.42 bits per heavy atom. The molecule has 0 amide bonds. The Bertz CT molecular complexity index is 730. The Morgan fingerprint density at radius 2 is 1.63 bits per heavy atom. The van der Waals surface area contributed by atoms with Gasteiger partial charge in [-0.2, -0.15) is 0 Å². The quantitative estimate of drug-likeness (QED) is 0.764. The molecule has 1 N–H and O–H groups in total. The highest BCUT2D eigenvalue weighted by atomic mass is 19.1. The van der Waals surface area contributed by atoms with E-state index >= 15 is 0 Å². The second kappa shape index (κ2) is 4.74. The summed E-state index contributed by atoms with van der Waals surface area (Å²) in [6.07, 6.45) is 2.34. The van der Waals surface area contributed by atoms with Crippen LogP contribution in [0.2, 0.25) is 0 Å². The number of halogens is 1. The van der Waals surface area contributed by atoms with E-state index in [9.17, 15) is 9.50 Å². The van der Waals surface area contributed by atoms with Gasteiger partial charge in [-0.15, -0.1) is 0 Å². The largest absolute Gasteiger partial charge is 0.384 e. The molecule has 1 atom stereocenters. The predicted octanol–water partition coefficient (Wildman–Crippen LogP) is 2.85. The fourth-order valence-electron chi connectivity index (χ4n) is 2.02. The van der Waals surface area contributed by atoms with Crippen molar-refractivity contribution in [2.45, 2.75) is 6.10 Å². The molecule has 0 saturated heterocycles. The van der Waals surface area contributed by atoms with E-state index in [0.717, 1.165) is 5.52 Å². The molecule has 0 spiro atoms. The summed E-state index contributed by atoms with van der Waals surface area (Å²) in [4.78, 5) is 8.35. The number of aliphatic hydroxyl groups is 1. The first-order valence-corrected chi connectivity index (χ1v) is 5.88. The highest BCUT2D eigenvalue weighted by Gasteiger charge is 2.12. The number of benzene rings is 2. The maximum atomic E-state index is 13.2. The standard InChI is InChI=1S/C15H11FN2O/c16-12-3-1-2-10(8-12)15(19)11-4-5-13-14(9-11)18-7-6-17-13/h1-9,15,19H. The van der Waals surface area contributed by atoms with E-state index in [1.165, 1.54) is 12.1 Å². The number of aliphatic hydroxyl groups excluding tert-OH is 1. The van der Waals surface area contributed by atoms with Gasteiger partial charge in [0.25, 0.3) is 0 Å². The number of hydrogen-bond acceptors (Lipinski definition) is 3. The molecule has 3 rings (SSSR count). The molecule has 0 radical (unpaired) electrons. The minimum Gasteiger partial charge on any atom is -0.384 e. The van der Waals surface area contributed by atoms with Crippen LogP contribution in [0.5, 0.6) is 0 Å². The van der Waals surface area contributed by atoms with Crippen LogP contribution in [0.25, 0.3) is 11.0 Å². The van der Waals surface area contributed by atoms with Crippen LogP contribution < -0.4 is 0 Å². The van der Waals surface area contributed by atoms with Crippen molar-refractivity contribution in [3.63, 3.8) is 0 Å². The summed E-state index contributed by atoms with van der Waals surface area (Å²) in [6.45, 7) is 0. The third-order valence-electron chi connectivity index (χ3n) is 2.97. The van der Waals surface area contributed by atoms with E-state index in [0.29, 0.717) is 16.6 Å². The molecule has 0 aliphatic carbocycles. The van der Waals surface area contributed by atoms with Crippen molar-refractivity contribution in [2.75, 3.05) is 0 Å². The molecular weight excluding hydrogens is 243 g/mol. The SMILES string of the molecule is OC(c1cccc(F)c1)c1ccc2nccnc2c1. The second-order valence-electron chi connectivity index (χ2n) is 4.26. The summed E-state index contributed by atoms with van der Waals surface area (Å²) >= 11 is 0. The molecule has 0 fully saturated rings. The molecule has 1 heterocycles. The lowest BCUT2D eigenvalue weighted by atomic mass is 10.0. The van der Waals surface area contributed by atoms with Crippen molar-refractivity contribution in [3.8, 4) is 0 Å². The van der Waals surface area contributed by atoms with Gasteiger partial charge in [0.05, 0.1) is 11.0 Å². The van der Waals surface area contributed by atoms with Gasteiger partial charge in [0.2, 0.25) is 0 Å². The molecule has 0 aliphatic heterocycles. The smallest absolute Gasteiger partial charge is 0.123 e. The van der Waals surface area contributed by atoms with Crippen molar-refractivity contribution >= 4 is 11.0 Å². The fraction of sp³-hybridized carbons (Fsp3) is 0.0667. The molecular formula is C15H11FN2O. The van der Waals surface area contributed by atoms with Gasteiger partial charge in [0.15, 0.2) is 0 Å². The van der Waals surface area contributed by atoms with Crippen LogP contribution in [0.1, 0.15) is 17.2 Å². The van der Waals surface area contributed by atoms with Crippen molar-refractivity contribution in [1.82, 2.24) is 9.97 Å². The molecule has 1 unspecified atom stereocenters. The van der Waals surface area contributed by atoms with E-state index in [4.69, 9.17) is 0 Å². The van der Waals surface area contributed by atoms with Gasteiger partial charge in [-0.3, -0.25) is 9.97 Å². The average molecular weight is 254 g/mol. The predicted molar refractivity (Wildman–Crippen MR) is 70.0 cm³/mol. The van der Waals surface area contributed by atoms with Gasteiger partial charge >= 0.3 is 0 Å². The zero-order valence-electron chi connectivity index (χ0n) is 9.99. The molecule has 2 aromatic carbocycles. The van der Waals surface area contributed by atoms with Crippen LogP contribution in [0.4, 0.5) is 4.39 Å². The minimum atomic E-state index is -0.873. The Morgan fingerprint density at radius 1 is 0.895 bits per heavy atom. The summed E-state index contributed by atoms with van der Waals surface area (Å²) in [5.74, 6) is -0.364. The molecule has 19 heavy (non-hydrogen) atoms. The number of nitrogens with zero attached hydrogens (tertiary/aromatic N) is 2. The number of aromatic nitrogens is 2. The van der Waals surface area contributed by atoms with Gasteiger partial charge < -0.3 is 5.11 Å². The zero-order valence-corrected chi connectivity index (χ0v) is 9.99. The third-order valence-corrected chi connectivity index (χ3v) is 2.97. The van der Waals surface area contributed by atoms with Gasteiger partial charge in [-0.25, -0.2) is 4.39 Å². The highest BCUT2D eigenvalue weighted by molar-refractivity contribution is 5.74. The van der Waals surface area contributed by atoms with E-state index in [-0.39, 0.29) is 5.82 Å². The summed E-state index contributed by atoms with van der Waals surface area (Å²) < 4.78 is 13.2. The molecule has 3 aromatic rings. The molecule has 3 nitrogen and oxygen atoms in total. The first kappa shape index (κ1) is 11.7. The first-order valence-electron chi connectivity index (χ1n) is 5.88. The van der Waals surface area contributed by atoms with Gasteiger partial charge in [0.1, 0.15) is 11.9 Å². The van der Waals surface area contributed by atoms with Crippen LogP contribution in [0.15, 0.2) is 54.9 Å². The highest BCUT2D eigenvalue weighted by Crippen LogP contribution is 2.24. The molecule has 4 heteroatoms. The van der Waals surface area contributed by atoms with Gasteiger partial charge in [-0.1, -0.05) is 18.2 Å². The molecule has 0 aliphatic rings. The maximum absolute atomic E-state index is 13.2. The van der Waals surface area contributed by atoms with E-state index in [2.05, 4.69) is 9.97 Å². The summed E-state index contributed by atoms with van der Waals surface area (Å²) in [5.41, 5.74) is 2.65. The lowest BCUT2D eigenvalue weighted by molar-refractivity contribution is 0.220. The number of hydrogen-bond donors (Lipinski definition) is 1. The molecule has 1 aromatic heterocycles. The molecule has 94 valence electrons. The third kappa shape index (κ3) is 2.30. The van der Waals surface area contributed by atoms with Crippen LogP contribution >= 0.6 is 0 Å². The van der Waals surface area contributed by atoms with Crippen LogP contribution in [0.3, 0.4) is 0 Å². The van der Waals surface area contributed by atoms with Crippen molar-refractivity contribution in [2.24, 2.45) is 0 Å². The van der Waals surface area contributed by atoms with E-state index < -0.39 is 6.10 Å². The van der Waals surface area contributed by atoms with Crippen LogP contribution in [-0.2, 0) is 0 Å². The minimum absolute atomic E-state index is 0.364. The monoisotopic (exact) mass is 254 g/mol. The van der Waals surface area contributed by atoms with Gasteiger partial charge in [-0.05, 0) is 35.4 Å². The Kier molecular flexibility index (Phi) is 2.93. The number of fused-ring (bicyclic) bond motifs is 1. The summed E-state index contributed by atoms with van der Waals surface area (Å²) in [5, 5.41) is 10.3. The van der Waals surface area contributed by atoms with E-state index in [1.807, 2.05) is 0 Å². The van der Waals surface area contributed by atoms with Gasteiger partial charge in [0, 0.05) is 12.4 Å². The van der Waals surface area contributed by atoms with E-state index in [1.54, 1.807) is 42.7 Å². The Hall–Kier alpha value is -2.33. The van der Waals surface area contributed by atoms with Crippen LogP contribution in [-0.4, -0.2) is 15.1 Å². The normalized spacial score (nSPS) is 12.5. The Labute approximate surface area is 109 Å². The van der Waals surface area contributed by atoms with Crippen molar-refractivity contribution in [1.29, 1.82) is 0 Å². The van der Waals surface area contributed by atoms with Crippen LogP contribution in [0, 0.1) is 5.82 Å². The van der Waals surface area contributed by atoms with Crippen molar-refractivity contribution < 1.29 is 9.50 Å². The fourth-order valence-corrected chi connectivity index (χ4v) is 2.02. The molecule has 0 saturated carbocycles. The maximum Gasteiger partial charge on any atom is 0.123 e. The van der Waals surface area contributed by atoms with Crippen molar-refractivity contribution in [3.05, 3.63) is 71.8 Å². The second-order valence-corrected chi connectivity index (χ2v) is 4.26. The lowest BCUT2D eigenvalue weighted by Crippen LogP contribution is -2.00. The lowest BCUT2D eigenvalue weighted by Gasteiger charge is -2.12. The molecule has 0 bridgehead atoms. The number of rotatable bonds is 2. The summed E-state index contributed by atoms with van der Waals surface area (Å²) in [7, 11) is 0. The summed E-state index contributed by atoms with van der Waals surface area (Å²) in [6, 6.07) is 11.3. The average Bonchev–Trinajstić information content (AvgIpc) is 2.46. The first-order chi connectivity index (χ1) is 9.24. The zero-order chi connectivity index (χ0) is 13.2. The topological polar surface area (TPSA) is 46.0 Å². The Balaban J connectivity index is 2.04.